The average Bonchev–Trinajstić information content (AvgIpc) is 1.69. The number of carboxylic acid groups (broad SMARTS) is 10. The quantitative estimate of drug-likeness (QED) is 0.00515. The number of carbonyl (C=O) groups excluding carboxylic acids is 12. The Morgan fingerprint density at radius 3 is 1.13 bits per heavy atom. The molecule has 8 unspecified atom stereocenters. The fourth-order valence-corrected chi connectivity index (χ4v) is 17.7. The number of carboxylic acids is 10. The predicted molar refractivity (Wildman–Crippen MR) is 438 cm³/mol. The van der Waals surface area contributed by atoms with E-state index in [1.807, 2.05) is 28.9 Å². The zero-order valence-electron chi connectivity index (χ0n) is 68.4. The van der Waals surface area contributed by atoms with Crippen LogP contribution in [0.4, 0.5) is 15.3 Å². The van der Waals surface area contributed by atoms with Crippen molar-refractivity contribution in [3.8, 4) is 29.1 Å². The van der Waals surface area contributed by atoms with Gasteiger partial charge in [-0.3, -0.25) is 48.7 Å². The summed E-state index contributed by atoms with van der Waals surface area (Å²) in [5, 5.41) is 134. The number of urea groups is 2. The van der Waals surface area contributed by atoms with Crippen molar-refractivity contribution in [3.05, 3.63) is 118 Å². The second-order valence-corrected chi connectivity index (χ2v) is 33.7. The number of nitrogens with one attached hydrogen (secondary N) is 5. The summed E-state index contributed by atoms with van der Waals surface area (Å²) in [6.07, 6.45) is 13.3. The topological polar surface area (TPSA) is 613 Å². The number of ketones is 2. The number of thioether (sulfide) groups is 3. The summed E-state index contributed by atoms with van der Waals surface area (Å²) in [5.74, 6) is -0.884. The fourth-order valence-electron chi connectivity index (χ4n) is 13.9. The van der Waals surface area contributed by atoms with Crippen LogP contribution >= 0.6 is 47.5 Å². The van der Waals surface area contributed by atoms with Gasteiger partial charge in [0.05, 0.1) is 106 Å². The number of unbranched alkanes of at least 4 members (excludes halogenated alkanes) is 6. The molecule has 4 aromatic rings. The van der Waals surface area contributed by atoms with Crippen LogP contribution in [0.15, 0.2) is 77.7 Å². The third kappa shape index (κ3) is 44.7. The molecule has 4 aliphatic heterocycles. The largest absolute Gasteiger partial charge is 3.00 e. The molecule has 0 saturated carbocycles. The van der Waals surface area contributed by atoms with Gasteiger partial charge in [-0.05, 0) is 136 Å². The normalized spacial score (nSPS) is 16.6. The number of rotatable bonds is 52. The van der Waals surface area contributed by atoms with E-state index in [2.05, 4.69) is 60.2 Å². The third-order valence-electron chi connectivity index (χ3n) is 19.5. The summed E-state index contributed by atoms with van der Waals surface area (Å²) in [6, 6.07) is 19.3. The maximum absolute atomic E-state index is 12.4. The van der Waals surface area contributed by atoms with Gasteiger partial charge < -0.3 is 122 Å². The van der Waals surface area contributed by atoms with Crippen LogP contribution in [0.1, 0.15) is 167 Å². The average molecular weight is 2090 g/mol. The number of amides is 4. The zero-order valence-corrected chi connectivity index (χ0v) is 76.5. The van der Waals surface area contributed by atoms with Gasteiger partial charge in [-0.15, -0.1) is 0 Å². The predicted octanol–water partition coefficient (Wildman–Crippen LogP) is -4.54. The van der Waals surface area contributed by atoms with E-state index in [1.165, 1.54) is 24.3 Å². The van der Waals surface area contributed by atoms with E-state index in [1.54, 1.807) is 48.5 Å². The van der Waals surface area contributed by atoms with Crippen molar-refractivity contribution in [3.63, 3.8) is 0 Å². The second kappa shape index (κ2) is 59.1. The molecule has 4 amide bonds. The van der Waals surface area contributed by atoms with Crippen molar-refractivity contribution >= 4 is 142 Å². The number of aliphatic carboxylic acids is 10. The van der Waals surface area contributed by atoms with Gasteiger partial charge in [-0.1, -0.05) is 74.4 Å². The number of anilines is 1. The number of thiocarbonyl (C=S) groups is 1. The minimum Gasteiger partial charge on any atom is -0.549 e. The van der Waals surface area contributed by atoms with Gasteiger partial charge in [0.1, 0.15) is 23.0 Å². The Morgan fingerprint density at radius 2 is 0.802 bits per heavy atom. The number of fused-ring (bicyclic) bond motifs is 2. The van der Waals surface area contributed by atoms with E-state index in [0.717, 1.165) is 112 Å². The Hall–Kier alpha value is -8.16. The van der Waals surface area contributed by atoms with Gasteiger partial charge in [0, 0.05) is 165 Å². The maximum atomic E-state index is 12.4. The number of benzene rings is 2. The number of thiocyanates is 1. The van der Waals surface area contributed by atoms with Crippen molar-refractivity contribution in [2.75, 3.05) is 69.2 Å². The Kier molecular flexibility index (Phi) is 51.7. The van der Waals surface area contributed by atoms with E-state index < -0.39 is 124 Å². The number of hydrogen-bond acceptors (Lipinski definition) is 34. The summed E-state index contributed by atoms with van der Waals surface area (Å²) < 4.78 is 0. The number of nitrogens with two attached hydrogens (primary N) is 1. The molecule has 8 atom stereocenters. The molecule has 4 aliphatic rings. The summed E-state index contributed by atoms with van der Waals surface area (Å²) in [6.45, 7) is -7.10. The molecule has 0 bridgehead atoms. The number of pyridine rings is 2. The van der Waals surface area contributed by atoms with Gasteiger partial charge in [-0.25, -0.2) is 9.59 Å². The molecule has 9 N–H and O–H groups in total. The van der Waals surface area contributed by atoms with Crippen LogP contribution < -0.4 is 73.2 Å². The number of nitrogens with zero attached hydrogens (tertiary/aromatic N) is 7. The summed E-state index contributed by atoms with van der Waals surface area (Å²) in [7, 11) is 0. The fraction of sp³-hybridized carbons (Fsp3) is 0.494. The number of Topliss-reactive ketones (excluding diaryl/α,β-unsaturated/α-hetero) is 2. The molecule has 37 nitrogen and oxygen atoms in total. The molecule has 43 heteroatoms. The van der Waals surface area contributed by atoms with E-state index in [0.29, 0.717) is 94.8 Å². The Morgan fingerprint density at radius 1 is 0.476 bits per heavy atom. The van der Waals surface area contributed by atoms with Crippen molar-refractivity contribution in [2.45, 2.75) is 194 Å². The minimum atomic E-state index is -1.55. The van der Waals surface area contributed by atoms with Crippen LogP contribution in [-0.2, 0) is 83.7 Å². The first-order valence-electron chi connectivity index (χ1n) is 39.7. The van der Waals surface area contributed by atoms with Gasteiger partial charge in [-0.2, -0.15) is 28.8 Å². The summed E-state index contributed by atoms with van der Waals surface area (Å²) in [5.41, 5.74) is 8.51. The molecule has 0 aliphatic carbocycles. The van der Waals surface area contributed by atoms with Crippen LogP contribution in [0, 0.1) is 139 Å². The van der Waals surface area contributed by atoms with Gasteiger partial charge in [0.15, 0.2) is 0 Å². The molecular formula is C83H95Eu2N13O24S4-2. The first-order chi connectivity index (χ1) is 59.0. The monoisotopic (exact) mass is 2090 g/mol. The summed E-state index contributed by atoms with van der Waals surface area (Å²) >= 11 is 10.2. The molecule has 4 fully saturated rings. The molecule has 6 heterocycles. The number of aromatic nitrogens is 2. The van der Waals surface area contributed by atoms with Crippen LogP contribution in [0.5, 0.6) is 0 Å². The number of carbonyl (C=O) groups is 14. The van der Waals surface area contributed by atoms with Crippen molar-refractivity contribution in [1.82, 2.24) is 50.8 Å². The van der Waals surface area contributed by atoms with Crippen molar-refractivity contribution in [1.29, 1.82) is 5.26 Å². The van der Waals surface area contributed by atoms with Crippen molar-refractivity contribution in [2.24, 2.45) is 11.7 Å². The first-order valence-corrected chi connectivity index (χ1v) is 43.1. The zero-order chi connectivity index (χ0) is 90.8. The SMILES string of the molecule is N#CSc1ccc(C#Cc2cc(CN(CC(=O)[O-])CC(=O)[O-])nc(CN(CC(=O)[O-])CC(=O)[O-])c2)cc1.NC(CCCCCC(=O)CCCCC1SCC2NC(=O)NC21)C(=O)O.O=C([O-])CN(CC(=O)[O-])Cc1cc(C#Cc2ccc(NC(=S)CC(CCCCCC(=O)CCCCC3SCC4NC(=O)NC43)C(=O)O)cc2)cc(CN(CC(=O)[O-])CC(=O)[O-])n1.[Eu+3].[Eu+3]. The molecule has 676 valence electrons. The Labute approximate surface area is 827 Å². The van der Waals surface area contributed by atoms with Crippen LogP contribution in [-0.4, -0.2) is 233 Å². The maximum Gasteiger partial charge on any atom is 3.00 e. The smallest absolute Gasteiger partial charge is 0.549 e. The van der Waals surface area contributed by atoms with E-state index in [9.17, 15) is 113 Å². The number of nitriles is 1. The van der Waals surface area contributed by atoms with Crippen LogP contribution in [0.25, 0.3) is 0 Å². The van der Waals surface area contributed by atoms with E-state index in [4.69, 9.17) is 28.3 Å². The first kappa shape index (κ1) is 110. The Bertz CT molecular complexity index is 4430. The molecule has 0 spiro atoms. The third-order valence-corrected chi connectivity index (χ3v) is 23.3. The van der Waals surface area contributed by atoms with E-state index in [-0.39, 0.29) is 202 Å². The molecule has 2 aromatic heterocycles. The molecule has 2 aromatic carbocycles. The summed E-state index contributed by atoms with van der Waals surface area (Å²) in [4.78, 5) is 173. The second-order valence-electron chi connectivity index (χ2n) is 29.8. The van der Waals surface area contributed by atoms with Gasteiger partial charge in [0.2, 0.25) is 0 Å². The molecule has 126 heavy (non-hydrogen) atoms. The van der Waals surface area contributed by atoms with Gasteiger partial charge >= 0.3 is 123 Å². The van der Waals surface area contributed by atoms with Crippen LogP contribution in [0.3, 0.4) is 0 Å². The molecular weight excluding hydrogens is 2000 g/mol. The van der Waals surface area contributed by atoms with E-state index >= 15 is 0 Å². The minimum absolute atomic E-state index is 0. The standard InChI is InChI=1S/C42H52N6O12S2.C24H22N4O8S.C17H29N3O4S.2Eu/c49-32(8-4-5-9-34-40-33(25-62-34)45-42(60)46-40)7-3-1-2-6-28(41(58)59)18-35(61)44-29-14-12-26(13-15-29)10-11-27-16-30(19-47(21-36(50)51)22-37(52)53)43-31(17-27)20-48(23-38(54)55)24-39(56)57;25-15-37-20-5-3-16(4-6-20)1-2-17-7-18(9-27(11-21(29)30)12-22(31)32)26-19(8-17)10-28(13-23(33)34)14-24(35)36;18-12(16(22)23)8-3-1-2-6-11(21)7-4-5-9-14-15-13(10-25-14)19-17(24)20-15;;/h12-17,28,33-34,40H,1-9,18-25H2,(H,44,61)(H,50,51)(H,52,53)(H,54,55)(H,56,57)(H,58,59)(H2,45,46,60);3-8H,9-14H2,(H,29,30)(H,31,32)(H,33,34)(H,35,36);12-15H,1-10,18H2,(H,22,23)(H2,19,20,24);;/q;;;2*+3/p-8. The molecule has 8 rings (SSSR count). The van der Waals surface area contributed by atoms with Crippen molar-refractivity contribution < 1.29 is 217 Å². The van der Waals surface area contributed by atoms with Crippen LogP contribution in [0.2, 0.25) is 0 Å². The number of hydrogen-bond donors (Lipinski definition) is 8. The molecule has 0 radical (unpaired) electrons. The Balaban J connectivity index is 0.000000439. The molecule has 4 saturated heterocycles. The van der Waals surface area contributed by atoms with Gasteiger partial charge in [0.25, 0.3) is 0 Å².